The van der Waals surface area contributed by atoms with Crippen LogP contribution in [0, 0.1) is 5.41 Å². The van der Waals surface area contributed by atoms with Crippen LogP contribution in [0.1, 0.15) is 73.8 Å². The Labute approximate surface area is 369 Å². The molecule has 1 aromatic carbocycles. The standard InChI is InChI=1S/C47H51ClF2N8O5/c1-29(59)53-42-21-35-36(26-56(2)40(35)23-52-42)39-19-32(20-41(54-39)46(62-3)13-17-63-28-46)38-8-5-31(22-51-38)25-58-16-12-45(47(49,50)27-58)10-14-57(15-11-45)24-30-4-7-37(48)34(18-30)33-6-9-43(60)55-44(33)61/h4-5,7-8,18-23,26,33H,6,9-17,24-25,27-28H2,1-3H3,(H,52,53,59)(H,55,60,61)/t33?,46-/m0/s1. The van der Waals surface area contributed by atoms with Gasteiger partial charge in [-0.1, -0.05) is 29.8 Å². The first kappa shape index (κ1) is 43.1. The molecule has 16 heteroatoms. The van der Waals surface area contributed by atoms with Crippen molar-refractivity contribution in [2.24, 2.45) is 12.5 Å². The molecule has 9 rings (SSSR count). The highest BCUT2D eigenvalue weighted by atomic mass is 35.5. The number of amides is 3. The van der Waals surface area contributed by atoms with Gasteiger partial charge in [-0.25, -0.2) is 18.7 Å². The van der Waals surface area contributed by atoms with Crippen molar-refractivity contribution < 1.29 is 32.6 Å². The highest BCUT2D eigenvalue weighted by molar-refractivity contribution is 6.31. The van der Waals surface area contributed by atoms with Gasteiger partial charge in [-0.2, -0.15) is 0 Å². The molecule has 4 aliphatic heterocycles. The molecule has 63 heavy (non-hydrogen) atoms. The molecule has 4 aliphatic rings. The van der Waals surface area contributed by atoms with Crippen LogP contribution in [0.2, 0.25) is 5.02 Å². The van der Waals surface area contributed by atoms with E-state index in [1.165, 1.54) is 6.92 Å². The number of methoxy groups -OCH3 is 1. The van der Waals surface area contributed by atoms with E-state index in [2.05, 4.69) is 20.5 Å². The van der Waals surface area contributed by atoms with Crippen LogP contribution in [0.3, 0.4) is 0 Å². The number of fused-ring (bicyclic) bond motifs is 1. The van der Waals surface area contributed by atoms with Gasteiger partial charge in [0.2, 0.25) is 17.7 Å². The maximum absolute atomic E-state index is 16.3. The van der Waals surface area contributed by atoms with E-state index >= 15 is 8.78 Å². The van der Waals surface area contributed by atoms with E-state index in [1.807, 2.05) is 65.2 Å². The lowest BCUT2D eigenvalue weighted by Crippen LogP contribution is -2.58. The highest BCUT2D eigenvalue weighted by Crippen LogP contribution is 2.51. The van der Waals surface area contributed by atoms with E-state index in [1.54, 1.807) is 25.6 Å². The van der Waals surface area contributed by atoms with Gasteiger partial charge < -0.3 is 19.4 Å². The SMILES string of the molecule is CO[C@@]1(c2cc(-c3ccc(CN4CCC5(CCN(Cc6ccc(Cl)c(C7CCC(=O)NC7=O)c6)CC5)C(F)(F)C4)cn3)cc(-c3cn(C)c4cnc(NC(C)=O)cc34)n2)CCOC1. The molecule has 13 nitrogen and oxygen atoms in total. The van der Waals surface area contributed by atoms with E-state index < -0.39 is 22.9 Å². The van der Waals surface area contributed by atoms with Gasteiger partial charge in [-0.15, -0.1) is 0 Å². The molecule has 8 heterocycles. The number of halogens is 3. The number of hydrogen-bond acceptors (Lipinski definition) is 10. The second-order valence-corrected chi connectivity index (χ2v) is 18.1. The summed E-state index contributed by atoms with van der Waals surface area (Å²) >= 11 is 6.50. The molecule has 2 atom stereocenters. The quantitative estimate of drug-likeness (QED) is 0.138. The smallest absolute Gasteiger partial charge is 0.266 e. The zero-order valence-electron chi connectivity index (χ0n) is 35.7. The number of carbonyl (C=O) groups excluding carboxylic acids is 3. The highest BCUT2D eigenvalue weighted by Gasteiger charge is 2.57. The van der Waals surface area contributed by atoms with Crippen molar-refractivity contribution in [3.05, 3.63) is 94.5 Å². The van der Waals surface area contributed by atoms with Crippen molar-refractivity contribution >= 4 is 46.0 Å². The third-order valence-electron chi connectivity index (χ3n) is 13.6. The molecule has 2 N–H and O–H groups in total. The molecular weight excluding hydrogens is 830 g/mol. The van der Waals surface area contributed by atoms with Crippen LogP contribution < -0.4 is 10.6 Å². The number of alkyl halides is 2. The van der Waals surface area contributed by atoms with Crippen molar-refractivity contribution in [1.29, 1.82) is 0 Å². The van der Waals surface area contributed by atoms with Gasteiger partial charge in [-0.05, 0) is 92.3 Å². The van der Waals surface area contributed by atoms with E-state index in [0.29, 0.717) is 112 Å². The number of nitrogens with one attached hydrogen (secondary N) is 2. The number of benzene rings is 1. The maximum atomic E-state index is 16.3. The first-order valence-corrected chi connectivity index (χ1v) is 21.9. The molecule has 0 radical (unpaired) electrons. The van der Waals surface area contributed by atoms with Crippen LogP contribution in [0.25, 0.3) is 33.4 Å². The van der Waals surface area contributed by atoms with Gasteiger partial charge in [0, 0.05) is 93.0 Å². The van der Waals surface area contributed by atoms with Crippen molar-refractivity contribution in [2.45, 2.75) is 76.0 Å². The number of pyridine rings is 3. The second kappa shape index (κ2) is 17.1. The predicted molar refractivity (Wildman–Crippen MR) is 234 cm³/mol. The Morgan fingerprint density at radius 1 is 0.968 bits per heavy atom. The Morgan fingerprint density at radius 2 is 1.73 bits per heavy atom. The molecular formula is C47H51ClF2N8O5. The van der Waals surface area contributed by atoms with Crippen molar-refractivity contribution in [3.8, 4) is 22.5 Å². The van der Waals surface area contributed by atoms with Crippen molar-refractivity contribution in [3.63, 3.8) is 0 Å². The summed E-state index contributed by atoms with van der Waals surface area (Å²) in [7, 11) is 3.60. The third-order valence-corrected chi connectivity index (χ3v) is 14.0. The summed E-state index contributed by atoms with van der Waals surface area (Å²) in [5.74, 6) is -3.75. The summed E-state index contributed by atoms with van der Waals surface area (Å²) < 4.78 is 46.4. The molecule has 0 saturated carbocycles. The number of aryl methyl sites for hydroxylation is 1. The summed E-state index contributed by atoms with van der Waals surface area (Å²) in [6.45, 7) is 4.60. The van der Waals surface area contributed by atoms with Crippen LogP contribution >= 0.6 is 11.6 Å². The number of rotatable bonds is 10. The minimum atomic E-state index is -2.87. The molecule has 4 saturated heterocycles. The molecule has 4 fully saturated rings. The summed E-state index contributed by atoms with van der Waals surface area (Å²) in [6, 6.07) is 15.3. The van der Waals surface area contributed by atoms with Crippen LogP contribution in [-0.4, -0.2) is 99.5 Å². The normalized spacial score (nSPS) is 22.7. The zero-order chi connectivity index (χ0) is 44.1. The molecule has 1 unspecified atom stereocenters. The van der Waals surface area contributed by atoms with E-state index in [-0.39, 0.29) is 30.7 Å². The molecule has 4 aromatic heterocycles. The molecule has 1 spiro atoms. The zero-order valence-corrected chi connectivity index (χ0v) is 36.4. The molecule has 330 valence electrons. The summed E-state index contributed by atoms with van der Waals surface area (Å²) in [5, 5.41) is 6.53. The number of imide groups is 1. The monoisotopic (exact) mass is 880 g/mol. The number of likely N-dealkylation sites (tertiary alicyclic amines) is 2. The number of piperidine rings is 3. The van der Waals surface area contributed by atoms with Gasteiger partial charge in [0.1, 0.15) is 11.4 Å². The first-order chi connectivity index (χ1) is 30.2. The van der Waals surface area contributed by atoms with Crippen molar-refractivity contribution in [1.82, 2.24) is 34.6 Å². The van der Waals surface area contributed by atoms with Gasteiger partial charge in [0.05, 0.1) is 47.9 Å². The summed E-state index contributed by atoms with van der Waals surface area (Å²) in [4.78, 5) is 54.6. The molecule has 3 amide bonds. The van der Waals surface area contributed by atoms with Gasteiger partial charge >= 0.3 is 0 Å². The Bertz CT molecular complexity index is 2570. The fraction of sp³-hybridized carbons (Fsp3) is 0.447. The number of ether oxygens (including phenoxy) is 2. The van der Waals surface area contributed by atoms with E-state index in [4.69, 9.17) is 31.0 Å². The average molecular weight is 881 g/mol. The molecule has 5 aromatic rings. The Morgan fingerprint density at radius 3 is 2.43 bits per heavy atom. The number of nitrogens with zero attached hydrogens (tertiary/aromatic N) is 6. The van der Waals surface area contributed by atoms with Gasteiger partial charge in [0.25, 0.3) is 5.92 Å². The number of carbonyl (C=O) groups is 3. The van der Waals surface area contributed by atoms with Gasteiger partial charge in [-0.3, -0.25) is 34.5 Å². The lowest BCUT2D eigenvalue weighted by molar-refractivity contribution is -0.189. The van der Waals surface area contributed by atoms with Crippen LogP contribution in [0.5, 0.6) is 0 Å². The summed E-state index contributed by atoms with van der Waals surface area (Å²) in [5.41, 5.74) is 5.36. The Hall–Kier alpha value is -5.19. The predicted octanol–water partition coefficient (Wildman–Crippen LogP) is 7.21. The average Bonchev–Trinajstić information content (AvgIpc) is 3.89. The Kier molecular flexibility index (Phi) is 11.7. The molecule has 0 bridgehead atoms. The fourth-order valence-corrected chi connectivity index (χ4v) is 10.2. The largest absolute Gasteiger partial charge is 0.378 e. The second-order valence-electron chi connectivity index (χ2n) is 17.7. The Balaban J connectivity index is 0.882. The first-order valence-electron chi connectivity index (χ1n) is 21.5. The molecule has 0 aliphatic carbocycles. The summed E-state index contributed by atoms with van der Waals surface area (Å²) in [6.07, 6.45) is 8.00. The third kappa shape index (κ3) is 8.49. The van der Waals surface area contributed by atoms with Crippen LogP contribution in [0.4, 0.5) is 14.6 Å². The van der Waals surface area contributed by atoms with E-state index in [0.717, 1.165) is 33.2 Å². The minimum Gasteiger partial charge on any atom is -0.378 e. The number of hydrogen-bond donors (Lipinski definition) is 2. The number of aromatic nitrogens is 4. The lowest BCUT2D eigenvalue weighted by Gasteiger charge is -2.51. The van der Waals surface area contributed by atoms with E-state index in [9.17, 15) is 14.4 Å². The van der Waals surface area contributed by atoms with Crippen LogP contribution in [0.15, 0.2) is 67.1 Å². The lowest BCUT2D eigenvalue weighted by atomic mass is 9.68. The fourth-order valence-electron chi connectivity index (χ4n) is 9.92. The maximum Gasteiger partial charge on any atom is 0.266 e. The van der Waals surface area contributed by atoms with Crippen molar-refractivity contribution in [2.75, 3.05) is 51.8 Å². The van der Waals surface area contributed by atoms with Crippen LogP contribution in [-0.2, 0) is 49.6 Å². The number of anilines is 1. The topological polar surface area (TPSA) is 144 Å². The minimum absolute atomic E-state index is 0.216. The van der Waals surface area contributed by atoms with Gasteiger partial charge in [0.15, 0.2) is 0 Å².